The van der Waals surface area contributed by atoms with E-state index in [0.29, 0.717) is 69.5 Å². The summed E-state index contributed by atoms with van der Waals surface area (Å²) in [6.45, 7) is 3.19. The van der Waals surface area contributed by atoms with Crippen LogP contribution in [0.2, 0.25) is 10.0 Å². The van der Waals surface area contributed by atoms with Crippen LogP contribution in [0.5, 0.6) is 0 Å². The Bertz CT molecular complexity index is 2580. The van der Waals surface area contributed by atoms with Crippen LogP contribution in [-0.4, -0.2) is 59.7 Å². The van der Waals surface area contributed by atoms with Crippen molar-refractivity contribution in [1.29, 1.82) is 5.26 Å². The van der Waals surface area contributed by atoms with Gasteiger partial charge >= 0.3 is 0 Å². The number of hydrogen-bond acceptors (Lipinski definition) is 7. The fourth-order valence-electron chi connectivity index (χ4n) is 9.26. The third kappa shape index (κ3) is 5.53. The largest absolute Gasteiger partial charge is 0.337 e. The van der Waals surface area contributed by atoms with Crippen LogP contribution in [0.4, 0.5) is 8.78 Å². The molecule has 5 unspecified atom stereocenters. The van der Waals surface area contributed by atoms with Crippen molar-refractivity contribution in [3.05, 3.63) is 93.2 Å². The summed E-state index contributed by atoms with van der Waals surface area (Å²) in [6, 6.07) is 17.2. The standard InChI is InChI=1S/C41H35Cl2F2N9O/c1-20-28-17-33(32-16-26(19-52(32)41(55)22-7-8-22)54-50-40(49-51-54)21-9-11-25(44)12-10-21)53(38-24-15-31(38)47-18-24)39(28)29-14-23(4-3-13-46)34(36(45)37(29)48-20)27-5-2-6-30(42)35(27)43/h2,5-6,9-12,14,17,22,24,26,31-32,38,47H,3-4,7-8,15-16,18-19H2,1H3. The van der Waals surface area contributed by atoms with Crippen LogP contribution in [0, 0.1) is 41.7 Å². The van der Waals surface area contributed by atoms with Crippen molar-refractivity contribution >= 4 is 50.9 Å². The molecular weight excluding hydrogens is 743 g/mol. The van der Waals surface area contributed by atoms with Crippen molar-refractivity contribution in [2.75, 3.05) is 13.1 Å². The Kier molecular flexibility index (Phi) is 8.21. The van der Waals surface area contributed by atoms with E-state index in [0.717, 1.165) is 42.4 Å². The van der Waals surface area contributed by atoms with E-state index >= 15 is 4.39 Å². The van der Waals surface area contributed by atoms with Crippen LogP contribution in [0.15, 0.2) is 54.6 Å². The Morgan fingerprint density at radius 1 is 1.07 bits per heavy atom. The molecule has 11 rings (SSSR count). The molecule has 2 saturated carbocycles. The van der Waals surface area contributed by atoms with E-state index in [4.69, 9.17) is 33.3 Å². The molecule has 2 aliphatic carbocycles. The minimum Gasteiger partial charge on any atom is -0.337 e. The predicted octanol–water partition coefficient (Wildman–Crippen LogP) is 8.32. The summed E-state index contributed by atoms with van der Waals surface area (Å²) < 4.78 is 33.3. The zero-order chi connectivity index (χ0) is 37.7. The molecule has 6 heterocycles. The molecule has 5 fully saturated rings. The van der Waals surface area contributed by atoms with Gasteiger partial charge in [0, 0.05) is 70.3 Å². The third-order valence-electron chi connectivity index (χ3n) is 12.1. The zero-order valence-corrected chi connectivity index (χ0v) is 31.3. The fourth-order valence-corrected chi connectivity index (χ4v) is 9.66. The van der Waals surface area contributed by atoms with Crippen LogP contribution in [-0.2, 0) is 11.2 Å². The summed E-state index contributed by atoms with van der Waals surface area (Å²) in [5.41, 5.74) is 4.79. The lowest BCUT2D eigenvalue weighted by atomic mass is 9.79. The lowest BCUT2D eigenvalue weighted by molar-refractivity contribution is -0.133. The van der Waals surface area contributed by atoms with Crippen LogP contribution >= 0.6 is 23.2 Å². The second-order valence-electron chi connectivity index (χ2n) is 15.4. The molecule has 5 aliphatic rings. The molecule has 1 N–H and O–H groups in total. The summed E-state index contributed by atoms with van der Waals surface area (Å²) in [5, 5.41) is 28.8. The third-order valence-corrected chi connectivity index (χ3v) is 12.9. The number of rotatable bonds is 8. The number of nitriles is 1. The Hall–Kier alpha value is -4.96. The number of nitrogens with one attached hydrogen (secondary N) is 1. The number of carbonyl (C=O) groups is 1. The van der Waals surface area contributed by atoms with Gasteiger partial charge in [-0.2, -0.15) is 10.1 Å². The minimum absolute atomic E-state index is 0.0168. The first-order valence-electron chi connectivity index (χ1n) is 18.8. The molecule has 3 aliphatic heterocycles. The van der Waals surface area contributed by atoms with Crippen LogP contribution in [0.25, 0.3) is 44.3 Å². The number of halogens is 4. The van der Waals surface area contributed by atoms with Crippen molar-refractivity contribution in [2.24, 2.45) is 11.8 Å². The van der Waals surface area contributed by atoms with E-state index in [1.54, 1.807) is 35.1 Å². The lowest BCUT2D eigenvalue weighted by Crippen LogP contribution is -2.41. The van der Waals surface area contributed by atoms with Crippen LogP contribution in [0.1, 0.15) is 67.2 Å². The maximum Gasteiger partial charge on any atom is 0.226 e. The average Bonchev–Trinajstić information content (AvgIpc) is 3.67. The summed E-state index contributed by atoms with van der Waals surface area (Å²) >= 11 is 13.1. The number of tetrazole rings is 1. The van der Waals surface area contributed by atoms with Gasteiger partial charge in [-0.05, 0) is 98.2 Å². The number of pyridine rings is 1. The molecule has 3 saturated heterocycles. The second-order valence-corrected chi connectivity index (χ2v) is 16.2. The van der Waals surface area contributed by atoms with Gasteiger partial charge in [0.2, 0.25) is 11.7 Å². The maximum atomic E-state index is 17.2. The first-order chi connectivity index (χ1) is 26.7. The molecule has 14 heteroatoms. The molecule has 5 atom stereocenters. The zero-order valence-electron chi connectivity index (χ0n) is 29.8. The molecular formula is C41H35Cl2F2N9O. The normalized spacial score (nSPS) is 23.1. The van der Waals surface area contributed by atoms with Crippen molar-refractivity contribution in [3.8, 4) is 28.6 Å². The van der Waals surface area contributed by atoms with E-state index in [-0.39, 0.29) is 58.8 Å². The highest BCUT2D eigenvalue weighted by Gasteiger charge is 2.51. The van der Waals surface area contributed by atoms with Gasteiger partial charge < -0.3 is 14.8 Å². The molecule has 0 radical (unpaired) electrons. The number of likely N-dealkylation sites (tertiary alicyclic amines) is 1. The molecule has 3 aromatic carbocycles. The Balaban J connectivity index is 1.16. The number of fused-ring (bicyclic) bond motifs is 4. The molecule has 2 bridgehead atoms. The first kappa shape index (κ1) is 34.5. The summed E-state index contributed by atoms with van der Waals surface area (Å²) in [4.78, 5) is 22.6. The van der Waals surface area contributed by atoms with Gasteiger partial charge in [-0.1, -0.05) is 35.3 Å². The highest BCUT2D eigenvalue weighted by molar-refractivity contribution is 6.43. The topological polar surface area (TPSA) is 118 Å². The quantitative estimate of drug-likeness (QED) is 0.165. The highest BCUT2D eigenvalue weighted by atomic mass is 35.5. The van der Waals surface area contributed by atoms with Crippen molar-refractivity contribution < 1.29 is 13.6 Å². The molecule has 10 nitrogen and oxygen atoms in total. The summed E-state index contributed by atoms with van der Waals surface area (Å²) in [6.07, 6.45) is 3.80. The molecule has 278 valence electrons. The molecule has 55 heavy (non-hydrogen) atoms. The van der Waals surface area contributed by atoms with Crippen LogP contribution < -0.4 is 5.32 Å². The molecule has 1 amide bonds. The fraction of sp³-hybridized carbons (Fsp3) is 0.366. The van der Waals surface area contributed by atoms with E-state index in [1.807, 2.05) is 17.9 Å². The number of hydrogen-bond donors (Lipinski definition) is 1. The predicted molar refractivity (Wildman–Crippen MR) is 204 cm³/mol. The first-order valence-corrected chi connectivity index (χ1v) is 19.5. The van der Waals surface area contributed by atoms with Gasteiger partial charge in [-0.25, -0.2) is 13.8 Å². The average molecular weight is 779 g/mol. The number of aryl methyl sites for hydroxylation is 2. The van der Waals surface area contributed by atoms with E-state index in [1.165, 1.54) is 12.1 Å². The smallest absolute Gasteiger partial charge is 0.226 e. The monoisotopic (exact) mass is 777 g/mol. The minimum atomic E-state index is -0.510. The molecule has 0 spiro atoms. The van der Waals surface area contributed by atoms with Crippen molar-refractivity contribution in [1.82, 2.24) is 40.0 Å². The van der Waals surface area contributed by atoms with Gasteiger partial charge in [0.1, 0.15) is 11.3 Å². The summed E-state index contributed by atoms with van der Waals surface area (Å²) in [7, 11) is 0. The SMILES string of the molecule is Cc1nc2c(F)c(-c3cccc(Cl)c3Cl)c(CCC#N)cc2c2c1cc(C1CC(n3nnc(-c4ccc(F)cc4)n3)CN1C(=O)C1CC1)n2C1C2CNC1C2. The van der Waals surface area contributed by atoms with E-state index in [2.05, 4.69) is 32.3 Å². The molecule has 6 aromatic rings. The number of nitrogens with zero attached hydrogens (tertiary/aromatic N) is 8. The number of carbonyl (C=O) groups excluding carboxylic acids is 1. The van der Waals surface area contributed by atoms with E-state index < -0.39 is 5.82 Å². The van der Waals surface area contributed by atoms with Crippen molar-refractivity contribution in [2.45, 2.75) is 69.6 Å². The van der Waals surface area contributed by atoms with Gasteiger partial charge in [0.25, 0.3) is 0 Å². The maximum absolute atomic E-state index is 17.2. The number of amides is 1. The Morgan fingerprint density at radius 2 is 1.89 bits per heavy atom. The second kappa shape index (κ2) is 13.1. The molecule has 3 aromatic heterocycles. The Labute approximate surface area is 325 Å². The summed E-state index contributed by atoms with van der Waals surface area (Å²) in [5.74, 6) is -0.00246. The van der Waals surface area contributed by atoms with Gasteiger partial charge in [0.05, 0.1) is 39.8 Å². The number of aromatic nitrogens is 6. The van der Waals surface area contributed by atoms with Crippen molar-refractivity contribution in [3.63, 3.8) is 0 Å². The number of benzene rings is 3. The van der Waals surface area contributed by atoms with Gasteiger partial charge in [0.15, 0.2) is 5.82 Å². The lowest BCUT2D eigenvalue weighted by Gasteiger charge is -2.39. The van der Waals surface area contributed by atoms with E-state index in [9.17, 15) is 14.4 Å². The Morgan fingerprint density at radius 3 is 2.62 bits per heavy atom. The van der Waals surface area contributed by atoms with Gasteiger partial charge in [-0.15, -0.1) is 10.2 Å². The highest BCUT2D eigenvalue weighted by Crippen LogP contribution is 2.52. The van der Waals surface area contributed by atoms with Gasteiger partial charge in [-0.3, -0.25) is 4.79 Å². The van der Waals surface area contributed by atoms with Crippen LogP contribution in [0.3, 0.4) is 0 Å².